The highest BCUT2D eigenvalue weighted by atomic mass is 32.2. The second-order valence-corrected chi connectivity index (χ2v) is 4.77. The predicted molar refractivity (Wildman–Crippen MR) is 62.2 cm³/mol. The van der Waals surface area contributed by atoms with E-state index in [1.54, 1.807) is 6.19 Å². The molecular formula is C7H5N5S3. The van der Waals surface area contributed by atoms with Crippen LogP contribution in [0.25, 0.3) is 0 Å². The Kier molecular flexibility index (Phi) is 4.31. The molecule has 0 aliphatic rings. The summed E-state index contributed by atoms with van der Waals surface area (Å²) in [5.74, 6) is 0.571. The molecule has 1 rings (SSSR count). The number of nitrogens with zero attached hydrogens (tertiary/aromatic N) is 3. The summed E-state index contributed by atoms with van der Waals surface area (Å²) in [6.45, 7) is 0. The van der Waals surface area contributed by atoms with Gasteiger partial charge in [-0.15, -0.1) is 0 Å². The summed E-state index contributed by atoms with van der Waals surface area (Å²) in [6, 6.07) is 2.01. The zero-order valence-electron chi connectivity index (χ0n) is 7.35. The van der Waals surface area contributed by atoms with Crippen LogP contribution in [0, 0.1) is 26.6 Å². The minimum absolute atomic E-state index is 0.219. The monoisotopic (exact) mass is 255 g/mol. The number of aromatic amines is 1. The topological polar surface area (TPSA) is 102 Å². The molecule has 0 saturated heterocycles. The van der Waals surface area contributed by atoms with E-state index < -0.39 is 0 Å². The van der Waals surface area contributed by atoms with Gasteiger partial charge in [0, 0.05) is 0 Å². The molecule has 1 aromatic rings. The van der Waals surface area contributed by atoms with E-state index in [2.05, 4.69) is 9.37 Å². The number of nitrogens with one attached hydrogen (secondary N) is 1. The van der Waals surface area contributed by atoms with Crippen molar-refractivity contribution in [1.82, 2.24) is 4.37 Å². The number of H-pyrrole nitrogens is 1. The maximum atomic E-state index is 8.80. The molecule has 0 aliphatic carbocycles. The molecule has 15 heavy (non-hydrogen) atoms. The smallest absolute Gasteiger partial charge is 0.207 e. The van der Waals surface area contributed by atoms with Crippen molar-refractivity contribution in [3.63, 3.8) is 0 Å². The fourth-order valence-corrected chi connectivity index (χ4v) is 2.68. The van der Waals surface area contributed by atoms with Crippen molar-refractivity contribution < 1.29 is 0 Å². The Morgan fingerprint density at radius 1 is 1.67 bits per heavy atom. The number of aliphatic imine (C=N–C) groups is 1. The number of hydrogen-bond donors (Lipinski definition) is 2. The van der Waals surface area contributed by atoms with Gasteiger partial charge in [0.1, 0.15) is 26.3 Å². The van der Waals surface area contributed by atoms with E-state index in [0.717, 1.165) is 0 Å². The minimum Gasteiger partial charge on any atom is -0.386 e. The molecule has 1 heterocycles. The van der Waals surface area contributed by atoms with E-state index in [-0.39, 0.29) is 5.84 Å². The highest BCUT2D eigenvalue weighted by Gasteiger charge is 2.07. The highest BCUT2D eigenvalue weighted by molar-refractivity contribution is 8.00. The van der Waals surface area contributed by atoms with Crippen LogP contribution in [0.5, 0.6) is 0 Å². The lowest BCUT2D eigenvalue weighted by atomic mass is 10.4. The van der Waals surface area contributed by atoms with Gasteiger partial charge in [0.25, 0.3) is 0 Å². The van der Waals surface area contributed by atoms with Crippen molar-refractivity contribution in [1.29, 1.82) is 10.5 Å². The zero-order chi connectivity index (χ0) is 11.3. The number of nitrogens with two attached hydrogens (primary N) is 1. The summed E-state index contributed by atoms with van der Waals surface area (Å²) in [5.41, 5.74) is 5.87. The van der Waals surface area contributed by atoms with Gasteiger partial charge in [0.2, 0.25) is 6.19 Å². The number of thioether (sulfide) groups is 1. The molecule has 0 bridgehead atoms. The molecule has 8 heteroatoms. The number of nitriles is 2. The van der Waals surface area contributed by atoms with Crippen LogP contribution in [0.15, 0.2) is 10.0 Å². The fraction of sp³-hybridized carbons (Fsp3) is 0.143. The second-order valence-electron chi connectivity index (χ2n) is 2.30. The van der Waals surface area contributed by atoms with Crippen molar-refractivity contribution in [2.75, 3.05) is 5.75 Å². The lowest BCUT2D eigenvalue weighted by Gasteiger charge is -1.96. The largest absolute Gasteiger partial charge is 0.386 e. The normalized spacial score (nSPS) is 10.7. The summed E-state index contributed by atoms with van der Waals surface area (Å²) in [4.78, 5) is 3.36. The first kappa shape index (κ1) is 11.7. The van der Waals surface area contributed by atoms with Crippen molar-refractivity contribution in [3.05, 3.63) is 9.39 Å². The Balaban J connectivity index is 2.76. The molecule has 0 unspecified atom stereocenters. The van der Waals surface area contributed by atoms with Gasteiger partial charge >= 0.3 is 0 Å². The van der Waals surface area contributed by atoms with Crippen LogP contribution < -0.4 is 5.73 Å². The number of hydrogen-bond acceptors (Lipinski definition) is 6. The molecular weight excluding hydrogens is 250 g/mol. The molecule has 0 radical (unpaired) electrons. The SMILES string of the molecule is N#CN=C(N)CSc1[nH]sc(=S)c1C#N. The molecule has 0 aliphatic heterocycles. The molecule has 0 fully saturated rings. The molecule has 5 nitrogen and oxygen atoms in total. The maximum absolute atomic E-state index is 8.80. The summed E-state index contributed by atoms with van der Waals surface area (Å²) >= 11 is 7.46. The van der Waals surface area contributed by atoms with Gasteiger partial charge in [-0.25, -0.2) is 0 Å². The van der Waals surface area contributed by atoms with Crippen molar-refractivity contribution in [2.45, 2.75) is 5.03 Å². The average molecular weight is 255 g/mol. The van der Waals surface area contributed by atoms with Crippen LogP contribution in [-0.2, 0) is 0 Å². The van der Waals surface area contributed by atoms with Gasteiger partial charge in [0.15, 0.2) is 0 Å². The first-order valence-electron chi connectivity index (χ1n) is 3.64. The lowest BCUT2D eigenvalue weighted by Crippen LogP contribution is -2.13. The van der Waals surface area contributed by atoms with Crippen molar-refractivity contribution >= 4 is 41.3 Å². The third kappa shape index (κ3) is 3.06. The van der Waals surface area contributed by atoms with E-state index in [4.69, 9.17) is 28.5 Å². The van der Waals surface area contributed by atoms with Crippen LogP contribution in [0.3, 0.4) is 0 Å². The second kappa shape index (κ2) is 5.51. The Morgan fingerprint density at radius 2 is 2.40 bits per heavy atom. The summed E-state index contributed by atoms with van der Waals surface area (Å²) in [5, 5.41) is 17.7. The molecule has 0 aromatic carbocycles. The number of rotatable bonds is 3. The van der Waals surface area contributed by atoms with E-state index >= 15 is 0 Å². The lowest BCUT2D eigenvalue weighted by molar-refractivity contribution is 1.25. The first-order chi connectivity index (χ1) is 7.19. The Bertz CT molecular complexity index is 512. The van der Waals surface area contributed by atoms with Crippen LogP contribution in [0.4, 0.5) is 0 Å². The summed E-state index contributed by atoms with van der Waals surface area (Å²) in [6.07, 6.45) is 1.59. The van der Waals surface area contributed by atoms with Crippen LogP contribution in [0.2, 0.25) is 0 Å². The molecule has 76 valence electrons. The quantitative estimate of drug-likeness (QED) is 0.281. The van der Waals surface area contributed by atoms with Gasteiger partial charge in [-0.1, -0.05) is 24.0 Å². The fourth-order valence-electron chi connectivity index (χ4n) is 0.728. The standard InChI is InChI=1S/C7H5N5S3/c8-1-4-6(12-15-7(4)13)14-2-5(10)11-3-9/h12H,2H2,(H2,10,11). The molecule has 3 N–H and O–H groups in total. The van der Waals surface area contributed by atoms with E-state index in [1.807, 2.05) is 6.07 Å². The van der Waals surface area contributed by atoms with Gasteiger partial charge in [0.05, 0.1) is 5.75 Å². The summed E-state index contributed by atoms with van der Waals surface area (Å²) in [7, 11) is 0. The Morgan fingerprint density at radius 3 is 3.00 bits per heavy atom. The van der Waals surface area contributed by atoms with Crippen LogP contribution >= 0.6 is 35.5 Å². The first-order valence-corrected chi connectivity index (χ1v) is 5.85. The van der Waals surface area contributed by atoms with Crippen molar-refractivity contribution in [3.8, 4) is 12.3 Å². The van der Waals surface area contributed by atoms with E-state index in [1.165, 1.54) is 23.3 Å². The highest BCUT2D eigenvalue weighted by Crippen LogP contribution is 2.23. The molecule has 0 amide bonds. The van der Waals surface area contributed by atoms with Crippen LogP contribution in [0.1, 0.15) is 5.56 Å². The predicted octanol–water partition coefficient (Wildman–Crippen LogP) is 1.61. The van der Waals surface area contributed by atoms with Crippen LogP contribution in [-0.4, -0.2) is 16.0 Å². The number of aromatic nitrogens is 1. The number of amidine groups is 1. The third-order valence-corrected chi connectivity index (χ3v) is 3.65. The average Bonchev–Trinajstić information content (AvgIpc) is 2.56. The zero-order valence-corrected chi connectivity index (χ0v) is 9.80. The maximum Gasteiger partial charge on any atom is 0.207 e. The van der Waals surface area contributed by atoms with Gasteiger partial charge in [-0.2, -0.15) is 15.5 Å². The molecule has 0 atom stereocenters. The Hall–Kier alpha value is -1.35. The van der Waals surface area contributed by atoms with Gasteiger partial charge in [-0.3, -0.25) is 0 Å². The van der Waals surface area contributed by atoms with E-state index in [0.29, 0.717) is 20.2 Å². The minimum atomic E-state index is 0.219. The van der Waals surface area contributed by atoms with E-state index in [9.17, 15) is 0 Å². The Labute approximate surface area is 99.4 Å². The molecule has 1 aromatic heterocycles. The van der Waals surface area contributed by atoms with Gasteiger partial charge < -0.3 is 10.1 Å². The van der Waals surface area contributed by atoms with Crippen molar-refractivity contribution in [2.24, 2.45) is 10.7 Å². The van der Waals surface area contributed by atoms with Gasteiger partial charge in [-0.05, 0) is 11.5 Å². The third-order valence-electron chi connectivity index (χ3n) is 1.34. The summed E-state index contributed by atoms with van der Waals surface area (Å²) < 4.78 is 3.43. The molecule has 0 spiro atoms. The molecule has 0 saturated carbocycles.